The molecule has 9 heteroatoms. The molecule has 3 aromatic rings. The molecule has 0 radical (unpaired) electrons. The fourth-order valence-electron chi connectivity index (χ4n) is 4.75. The Morgan fingerprint density at radius 3 is 2.64 bits per heavy atom. The van der Waals surface area contributed by atoms with Gasteiger partial charge in [0, 0.05) is 56.9 Å². The van der Waals surface area contributed by atoms with Crippen LogP contribution in [0.2, 0.25) is 0 Å². The Hall–Kier alpha value is -3.30. The van der Waals surface area contributed by atoms with Gasteiger partial charge in [-0.15, -0.1) is 0 Å². The summed E-state index contributed by atoms with van der Waals surface area (Å²) in [5.41, 5.74) is 8.97. The van der Waals surface area contributed by atoms with Crippen LogP contribution in [0, 0.1) is 0 Å². The number of rotatable bonds is 10. The third-order valence-corrected chi connectivity index (χ3v) is 7.64. The van der Waals surface area contributed by atoms with Gasteiger partial charge in [0.2, 0.25) is 0 Å². The van der Waals surface area contributed by atoms with Gasteiger partial charge in [0.05, 0.1) is 11.3 Å². The van der Waals surface area contributed by atoms with Gasteiger partial charge in [-0.1, -0.05) is 0 Å². The molecule has 4 rings (SSSR count). The number of amides is 3. The summed E-state index contributed by atoms with van der Waals surface area (Å²) in [4.78, 5) is 37.8. The number of primary amides is 1. The van der Waals surface area contributed by atoms with Crippen molar-refractivity contribution in [2.24, 2.45) is 5.73 Å². The number of aryl methyl sites for hydroxylation is 1. The minimum Gasteiger partial charge on any atom is -0.366 e. The molecule has 190 valence electrons. The lowest BCUT2D eigenvalue weighted by molar-refractivity contribution is 0.0942. The Balaban J connectivity index is 1.33. The quantitative estimate of drug-likeness (QED) is 0.435. The van der Waals surface area contributed by atoms with Gasteiger partial charge in [-0.2, -0.15) is 11.3 Å². The number of carbonyl (C=O) groups is 2. The number of nitrogens with zero attached hydrogens (tertiary/aromatic N) is 4. The molecule has 4 heterocycles. The van der Waals surface area contributed by atoms with Crippen LogP contribution in [0.1, 0.15) is 53.4 Å². The monoisotopic (exact) mass is 506 g/mol. The SMILES string of the molecule is C[C@H](CCc1ncccc1C(N)=O)N1CCC(N(Cc2ccsc2)C(=O)NCc2ccncc2)CC1. The van der Waals surface area contributed by atoms with Crippen LogP contribution in [-0.4, -0.2) is 56.9 Å². The number of nitrogens with two attached hydrogens (primary N) is 1. The first-order valence-corrected chi connectivity index (χ1v) is 13.4. The van der Waals surface area contributed by atoms with Crippen LogP contribution in [0.4, 0.5) is 4.79 Å². The standard InChI is InChI=1S/C27H34N6O2S/c1-20(4-5-25-24(26(28)34)3-2-11-30-25)32-14-8-23(9-15-32)33(18-22-10-16-36-19-22)27(35)31-17-21-6-12-29-13-7-21/h2-3,6-7,10-13,16,19-20,23H,4-5,8-9,14-15,17-18H2,1H3,(H2,28,34)(H,31,35)/t20-/m1/s1. The van der Waals surface area contributed by atoms with E-state index in [2.05, 4.69) is 43.9 Å². The van der Waals surface area contributed by atoms with E-state index in [4.69, 9.17) is 5.73 Å². The normalized spacial score (nSPS) is 15.4. The van der Waals surface area contributed by atoms with Crippen LogP contribution < -0.4 is 11.1 Å². The van der Waals surface area contributed by atoms with Crippen molar-refractivity contribution >= 4 is 23.3 Å². The molecule has 8 nitrogen and oxygen atoms in total. The molecule has 1 atom stereocenters. The molecular weight excluding hydrogens is 472 g/mol. The highest BCUT2D eigenvalue weighted by atomic mass is 32.1. The van der Waals surface area contributed by atoms with Crippen LogP contribution >= 0.6 is 11.3 Å². The van der Waals surface area contributed by atoms with Gasteiger partial charge in [0.1, 0.15) is 0 Å². The first-order chi connectivity index (χ1) is 17.5. The van der Waals surface area contributed by atoms with E-state index in [0.717, 1.165) is 49.2 Å². The second kappa shape index (κ2) is 12.6. The number of hydrogen-bond donors (Lipinski definition) is 2. The van der Waals surface area contributed by atoms with Crippen molar-refractivity contribution in [3.05, 3.63) is 82.1 Å². The van der Waals surface area contributed by atoms with Gasteiger partial charge in [0.25, 0.3) is 5.91 Å². The summed E-state index contributed by atoms with van der Waals surface area (Å²) in [6.45, 7) is 5.17. The minimum absolute atomic E-state index is 0.0290. The molecule has 3 amide bonds. The number of pyridine rings is 2. The Bertz CT molecular complexity index is 1120. The van der Waals surface area contributed by atoms with Crippen molar-refractivity contribution in [2.75, 3.05) is 13.1 Å². The molecule has 3 aromatic heterocycles. The highest BCUT2D eigenvalue weighted by Gasteiger charge is 2.30. The lowest BCUT2D eigenvalue weighted by Crippen LogP contribution is -2.51. The van der Waals surface area contributed by atoms with Crippen molar-refractivity contribution in [3.63, 3.8) is 0 Å². The molecule has 1 aliphatic heterocycles. The minimum atomic E-state index is -0.431. The van der Waals surface area contributed by atoms with Crippen LogP contribution in [0.5, 0.6) is 0 Å². The molecule has 0 aromatic carbocycles. The molecule has 3 N–H and O–H groups in total. The summed E-state index contributed by atoms with van der Waals surface area (Å²) in [5.74, 6) is -0.431. The van der Waals surface area contributed by atoms with Gasteiger partial charge < -0.3 is 20.9 Å². The molecule has 36 heavy (non-hydrogen) atoms. The van der Waals surface area contributed by atoms with Gasteiger partial charge in [-0.05, 0) is 84.8 Å². The van der Waals surface area contributed by atoms with E-state index in [1.165, 1.54) is 0 Å². The van der Waals surface area contributed by atoms with Crippen molar-refractivity contribution < 1.29 is 9.59 Å². The maximum atomic E-state index is 13.2. The van der Waals surface area contributed by atoms with Crippen LogP contribution in [0.3, 0.4) is 0 Å². The highest BCUT2D eigenvalue weighted by molar-refractivity contribution is 7.07. The molecule has 0 unspecified atom stereocenters. The van der Waals surface area contributed by atoms with E-state index in [0.29, 0.717) is 31.1 Å². The molecular formula is C27H34N6O2S. The summed E-state index contributed by atoms with van der Waals surface area (Å²) in [5, 5.41) is 7.26. The van der Waals surface area contributed by atoms with E-state index >= 15 is 0 Å². The summed E-state index contributed by atoms with van der Waals surface area (Å²) in [6, 6.07) is 9.90. The van der Waals surface area contributed by atoms with Gasteiger partial charge in [-0.25, -0.2) is 4.79 Å². The fourth-order valence-corrected chi connectivity index (χ4v) is 5.41. The topological polar surface area (TPSA) is 104 Å². The zero-order valence-electron chi connectivity index (χ0n) is 20.7. The van der Waals surface area contributed by atoms with Gasteiger partial charge in [0.15, 0.2) is 0 Å². The lowest BCUT2D eigenvalue weighted by Gasteiger charge is -2.40. The molecule has 0 spiro atoms. The number of hydrogen-bond acceptors (Lipinski definition) is 6. The van der Waals surface area contributed by atoms with Crippen LogP contribution in [-0.2, 0) is 19.5 Å². The van der Waals surface area contributed by atoms with Crippen molar-refractivity contribution in [3.8, 4) is 0 Å². The maximum Gasteiger partial charge on any atom is 0.318 e. The van der Waals surface area contributed by atoms with E-state index in [1.807, 2.05) is 17.0 Å². The molecule has 0 aliphatic carbocycles. The average Bonchev–Trinajstić information content (AvgIpc) is 3.43. The largest absolute Gasteiger partial charge is 0.366 e. The van der Waals surface area contributed by atoms with E-state index in [1.54, 1.807) is 42.1 Å². The second-order valence-corrected chi connectivity index (χ2v) is 10.1. The van der Waals surface area contributed by atoms with Crippen molar-refractivity contribution in [1.82, 2.24) is 25.1 Å². The number of carbonyl (C=O) groups excluding carboxylic acids is 2. The number of aromatic nitrogens is 2. The zero-order valence-corrected chi connectivity index (χ0v) is 21.5. The van der Waals surface area contributed by atoms with E-state index < -0.39 is 5.91 Å². The Morgan fingerprint density at radius 1 is 1.17 bits per heavy atom. The maximum absolute atomic E-state index is 13.2. The Kier molecular flexibility index (Phi) is 9.02. The summed E-state index contributed by atoms with van der Waals surface area (Å²) in [7, 11) is 0. The average molecular weight is 507 g/mol. The third kappa shape index (κ3) is 6.89. The third-order valence-electron chi connectivity index (χ3n) is 6.90. The van der Waals surface area contributed by atoms with E-state index in [-0.39, 0.29) is 12.1 Å². The van der Waals surface area contributed by atoms with E-state index in [9.17, 15) is 9.59 Å². The smallest absolute Gasteiger partial charge is 0.318 e. The van der Waals surface area contributed by atoms with Crippen molar-refractivity contribution in [2.45, 2.75) is 57.8 Å². The summed E-state index contributed by atoms with van der Waals surface area (Å²) < 4.78 is 0. The highest BCUT2D eigenvalue weighted by Crippen LogP contribution is 2.23. The molecule has 1 saturated heterocycles. The summed E-state index contributed by atoms with van der Waals surface area (Å²) >= 11 is 1.65. The molecule has 1 aliphatic rings. The van der Waals surface area contributed by atoms with Crippen LogP contribution in [0.25, 0.3) is 0 Å². The predicted molar refractivity (Wildman–Crippen MR) is 141 cm³/mol. The Labute approximate surface area is 216 Å². The zero-order chi connectivity index (χ0) is 25.3. The number of thiophene rings is 1. The van der Waals surface area contributed by atoms with Crippen molar-refractivity contribution in [1.29, 1.82) is 0 Å². The summed E-state index contributed by atoms with van der Waals surface area (Å²) in [6.07, 6.45) is 8.64. The van der Waals surface area contributed by atoms with Crippen LogP contribution in [0.15, 0.2) is 59.7 Å². The molecule has 0 saturated carbocycles. The molecule has 1 fully saturated rings. The van der Waals surface area contributed by atoms with Gasteiger partial charge >= 0.3 is 6.03 Å². The molecule has 0 bridgehead atoms. The number of urea groups is 1. The predicted octanol–water partition coefficient (Wildman–Crippen LogP) is 3.83. The first kappa shape index (κ1) is 25.8. The van der Waals surface area contributed by atoms with Gasteiger partial charge in [-0.3, -0.25) is 14.8 Å². The second-order valence-electron chi connectivity index (χ2n) is 9.29. The number of nitrogens with one attached hydrogen (secondary N) is 1. The number of piperidine rings is 1. The number of likely N-dealkylation sites (tertiary alicyclic amines) is 1. The Morgan fingerprint density at radius 2 is 1.94 bits per heavy atom. The lowest BCUT2D eigenvalue weighted by atomic mass is 9.99. The first-order valence-electron chi connectivity index (χ1n) is 12.4. The fraction of sp³-hybridized carbons (Fsp3) is 0.407.